The highest BCUT2D eigenvalue weighted by Gasteiger charge is 2.02. The molecule has 82 valence electrons. The number of allylic oxidation sites excluding steroid dienone is 1. The van der Waals surface area contributed by atoms with Crippen LogP contribution in [0.2, 0.25) is 0 Å². The number of carbonyl (C=O) groups is 1. The van der Waals surface area contributed by atoms with E-state index in [0.29, 0.717) is 12.5 Å². The van der Waals surface area contributed by atoms with Crippen molar-refractivity contribution >= 4 is 5.78 Å². The third-order valence-electron chi connectivity index (χ3n) is 2.54. The van der Waals surface area contributed by atoms with E-state index in [-0.39, 0.29) is 5.78 Å². The Morgan fingerprint density at radius 2 is 2.00 bits per heavy atom. The van der Waals surface area contributed by atoms with E-state index in [1.807, 2.05) is 0 Å². The van der Waals surface area contributed by atoms with Crippen LogP contribution in [0.15, 0.2) is 12.7 Å². The second kappa shape index (κ2) is 7.74. The van der Waals surface area contributed by atoms with Gasteiger partial charge in [0.15, 0.2) is 5.78 Å². The van der Waals surface area contributed by atoms with Crippen LogP contribution >= 0.6 is 0 Å². The number of nitrogens with zero attached hydrogens (tertiary/aromatic N) is 1. The maximum absolute atomic E-state index is 10.9. The molecule has 0 saturated heterocycles. The molecule has 0 fully saturated rings. The monoisotopic (exact) mass is 197 g/mol. The molecule has 0 rings (SSSR count). The average Bonchev–Trinajstić information content (AvgIpc) is 2.16. The molecule has 0 aliphatic heterocycles. The summed E-state index contributed by atoms with van der Waals surface area (Å²) < 4.78 is 0. The molecule has 0 radical (unpaired) electrons. The minimum atomic E-state index is 0.169. The van der Waals surface area contributed by atoms with Crippen molar-refractivity contribution in [3.8, 4) is 0 Å². The third kappa shape index (κ3) is 6.84. The molecule has 0 amide bonds. The second-order valence-electron chi connectivity index (χ2n) is 4.06. The molecule has 0 spiro atoms. The van der Waals surface area contributed by atoms with Crippen LogP contribution in [0.1, 0.15) is 39.5 Å². The first-order chi connectivity index (χ1) is 6.57. The maximum atomic E-state index is 10.9. The van der Waals surface area contributed by atoms with Gasteiger partial charge >= 0.3 is 0 Å². The predicted octanol–water partition coefficient (Wildman–Crippen LogP) is 2.64. The highest BCUT2D eigenvalue weighted by Crippen LogP contribution is 2.03. The summed E-state index contributed by atoms with van der Waals surface area (Å²) in [5.74, 6) is 0.169. The summed E-state index contributed by atoms with van der Waals surface area (Å²) in [6, 6.07) is 0.616. The molecule has 0 aliphatic carbocycles. The van der Waals surface area contributed by atoms with Crippen molar-refractivity contribution in [2.75, 3.05) is 13.6 Å². The number of rotatable bonds is 8. The van der Waals surface area contributed by atoms with E-state index in [2.05, 4.69) is 32.4 Å². The van der Waals surface area contributed by atoms with Crippen molar-refractivity contribution in [2.45, 2.75) is 45.6 Å². The van der Waals surface area contributed by atoms with Gasteiger partial charge in [-0.3, -0.25) is 4.79 Å². The molecule has 2 nitrogen and oxygen atoms in total. The minimum Gasteiger partial charge on any atom is -0.304 e. The molecule has 0 unspecified atom stereocenters. The standard InChI is InChI=1S/C12H23NO/c1-5-12(14)9-7-6-8-10-13(4)11(2)3/h5,11H,1,6-10H2,2-4H3. The van der Waals surface area contributed by atoms with Gasteiger partial charge < -0.3 is 4.90 Å². The first kappa shape index (κ1) is 13.4. The van der Waals surface area contributed by atoms with Gasteiger partial charge in [0.05, 0.1) is 0 Å². The van der Waals surface area contributed by atoms with Gasteiger partial charge in [-0.1, -0.05) is 13.0 Å². The first-order valence-corrected chi connectivity index (χ1v) is 5.43. The molecule has 0 aromatic heterocycles. The number of hydrogen-bond acceptors (Lipinski definition) is 2. The van der Waals surface area contributed by atoms with E-state index in [9.17, 15) is 4.79 Å². The molecule has 0 N–H and O–H groups in total. The fourth-order valence-electron chi connectivity index (χ4n) is 1.20. The zero-order chi connectivity index (χ0) is 11.0. The lowest BCUT2D eigenvalue weighted by Gasteiger charge is -2.20. The summed E-state index contributed by atoms with van der Waals surface area (Å²) in [5, 5.41) is 0. The summed E-state index contributed by atoms with van der Waals surface area (Å²) in [5.41, 5.74) is 0. The maximum Gasteiger partial charge on any atom is 0.155 e. The fourth-order valence-corrected chi connectivity index (χ4v) is 1.20. The van der Waals surface area contributed by atoms with Crippen molar-refractivity contribution in [1.82, 2.24) is 4.90 Å². The quantitative estimate of drug-likeness (QED) is 0.440. The number of unbranched alkanes of at least 4 members (excludes halogenated alkanes) is 2. The lowest BCUT2D eigenvalue weighted by molar-refractivity contribution is -0.114. The van der Waals surface area contributed by atoms with Crippen molar-refractivity contribution in [3.63, 3.8) is 0 Å². The number of carbonyl (C=O) groups excluding carboxylic acids is 1. The largest absolute Gasteiger partial charge is 0.304 e. The summed E-state index contributed by atoms with van der Waals surface area (Å²) >= 11 is 0. The van der Waals surface area contributed by atoms with Gasteiger partial charge in [0.25, 0.3) is 0 Å². The molecule has 0 aliphatic rings. The molecule has 0 aromatic carbocycles. The van der Waals surface area contributed by atoms with Crippen LogP contribution in [0.3, 0.4) is 0 Å². The summed E-state index contributed by atoms with van der Waals surface area (Å²) in [6.07, 6.45) is 5.39. The second-order valence-corrected chi connectivity index (χ2v) is 4.06. The predicted molar refractivity (Wildman–Crippen MR) is 61.4 cm³/mol. The van der Waals surface area contributed by atoms with E-state index in [1.54, 1.807) is 0 Å². The van der Waals surface area contributed by atoms with E-state index in [1.165, 1.54) is 12.5 Å². The smallest absolute Gasteiger partial charge is 0.155 e. The summed E-state index contributed by atoms with van der Waals surface area (Å²) in [6.45, 7) is 8.97. The normalized spacial score (nSPS) is 10.9. The first-order valence-electron chi connectivity index (χ1n) is 5.43. The Balaban J connectivity index is 3.29. The van der Waals surface area contributed by atoms with Crippen molar-refractivity contribution in [1.29, 1.82) is 0 Å². The molecule has 2 heteroatoms. The molecule has 0 atom stereocenters. The highest BCUT2D eigenvalue weighted by atomic mass is 16.1. The lowest BCUT2D eigenvalue weighted by atomic mass is 10.1. The molecular formula is C12H23NO. The zero-order valence-electron chi connectivity index (χ0n) is 9.75. The Morgan fingerprint density at radius 3 is 2.50 bits per heavy atom. The molecule has 0 saturated carbocycles. The van der Waals surface area contributed by atoms with Gasteiger partial charge in [0.2, 0.25) is 0 Å². The van der Waals surface area contributed by atoms with Crippen molar-refractivity contribution in [2.24, 2.45) is 0 Å². The molecule has 14 heavy (non-hydrogen) atoms. The van der Waals surface area contributed by atoms with Crippen LogP contribution in [0, 0.1) is 0 Å². The fraction of sp³-hybridized carbons (Fsp3) is 0.750. The van der Waals surface area contributed by atoms with E-state index >= 15 is 0 Å². The van der Waals surface area contributed by atoms with Crippen LogP contribution in [0.5, 0.6) is 0 Å². The summed E-state index contributed by atoms with van der Waals surface area (Å²) in [4.78, 5) is 13.2. The Morgan fingerprint density at radius 1 is 1.36 bits per heavy atom. The number of hydrogen-bond donors (Lipinski definition) is 0. The van der Waals surface area contributed by atoms with Gasteiger partial charge in [0.1, 0.15) is 0 Å². The van der Waals surface area contributed by atoms with Crippen LogP contribution in [-0.4, -0.2) is 30.3 Å². The Hall–Kier alpha value is -0.630. The van der Waals surface area contributed by atoms with Gasteiger partial charge in [-0.05, 0) is 46.4 Å². The van der Waals surface area contributed by atoms with Gasteiger partial charge in [-0.2, -0.15) is 0 Å². The van der Waals surface area contributed by atoms with Crippen molar-refractivity contribution < 1.29 is 4.79 Å². The molecule has 0 aromatic rings. The Labute approximate surface area is 88.0 Å². The van der Waals surface area contributed by atoms with Crippen molar-refractivity contribution in [3.05, 3.63) is 12.7 Å². The Bertz CT molecular complexity index is 175. The topological polar surface area (TPSA) is 20.3 Å². The van der Waals surface area contributed by atoms with Crippen LogP contribution in [0.4, 0.5) is 0 Å². The SMILES string of the molecule is C=CC(=O)CCCCCN(C)C(C)C. The highest BCUT2D eigenvalue weighted by molar-refractivity contribution is 5.88. The average molecular weight is 197 g/mol. The van der Waals surface area contributed by atoms with E-state index in [4.69, 9.17) is 0 Å². The van der Waals surface area contributed by atoms with E-state index in [0.717, 1.165) is 19.4 Å². The van der Waals surface area contributed by atoms with Crippen LogP contribution < -0.4 is 0 Å². The van der Waals surface area contributed by atoms with Crippen LogP contribution in [0.25, 0.3) is 0 Å². The van der Waals surface area contributed by atoms with Gasteiger partial charge in [-0.25, -0.2) is 0 Å². The molecular weight excluding hydrogens is 174 g/mol. The number of ketones is 1. The van der Waals surface area contributed by atoms with E-state index < -0.39 is 0 Å². The zero-order valence-corrected chi connectivity index (χ0v) is 9.75. The van der Waals surface area contributed by atoms with Gasteiger partial charge in [-0.15, -0.1) is 0 Å². The van der Waals surface area contributed by atoms with Crippen LogP contribution in [-0.2, 0) is 4.79 Å². The lowest BCUT2D eigenvalue weighted by Crippen LogP contribution is -2.27. The molecule has 0 bridgehead atoms. The minimum absolute atomic E-state index is 0.169. The van der Waals surface area contributed by atoms with Gasteiger partial charge in [0, 0.05) is 12.5 Å². The third-order valence-corrected chi connectivity index (χ3v) is 2.54. The summed E-state index contributed by atoms with van der Waals surface area (Å²) in [7, 11) is 2.14. The Kier molecular flexibility index (Phi) is 7.40. The molecule has 0 heterocycles.